The highest BCUT2D eigenvalue weighted by atomic mass is 32.1. The SMILES string of the molecule is CNC(=O)c1ccc(-n2sc3ccccc3c2=O)cc1. The van der Waals surface area contributed by atoms with Crippen LogP contribution in [0.4, 0.5) is 0 Å². The molecule has 3 rings (SSSR count). The molecule has 0 saturated heterocycles. The molecule has 20 heavy (non-hydrogen) atoms. The number of hydrogen-bond donors (Lipinski definition) is 1. The van der Waals surface area contributed by atoms with Gasteiger partial charge in [0, 0.05) is 12.6 Å². The summed E-state index contributed by atoms with van der Waals surface area (Å²) in [5.41, 5.74) is 1.31. The van der Waals surface area contributed by atoms with E-state index in [0.29, 0.717) is 10.9 Å². The fourth-order valence-corrected chi connectivity index (χ4v) is 3.03. The lowest BCUT2D eigenvalue weighted by atomic mass is 10.2. The highest BCUT2D eigenvalue weighted by Crippen LogP contribution is 2.20. The second-order valence-electron chi connectivity index (χ2n) is 4.31. The lowest BCUT2D eigenvalue weighted by Crippen LogP contribution is -2.18. The number of amides is 1. The molecule has 0 radical (unpaired) electrons. The predicted octanol–water partition coefficient (Wildman–Crippen LogP) is 2.41. The van der Waals surface area contributed by atoms with Crippen molar-refractivity contribution in [3.05, 3.63) is 64.4 Å². The van der Waals surface area contributed by atoms with Crippen LogP contribution in [0.25, 0.3) is 15.8 Å². The predicted molar refractivity (Wildman–Crippen MR) is 80.8 cm³/mol. The van der Waals surface area contributed by atoms with Gasteiger partial charge in [-0.25, -0.2) is 3.96 Å². The maximum Gasteiger partial charge on any atom is 0.273 e. The van der Waals surface area contributed by atoms with E-state index in [1.54, 1.807) is 35.3 Å². The zero-order valence-electron chi connectivity index (χ0n) is 10.8. The quantitative estimate of drug-likeness (QED) is 0.785. The van der Waals surface area contributed by atoms with Gasteiger partial charge in [0.25, 0.3) is 11.5 Å². The molecule has 5 heteroatoms. The summed E-state index contributed by atoms with van der Waals surface area (Å²) in [6.45, 7) is 0. The van der Waals surface area contributed by atoms with Crippen LogP contribution >= 0.6 is 11.5 Å². The molecule has 1 heterocycles. The first-order valence-corrected chi connectivity index (χ1v) is 6.91. The molecule has 1 aromatic heterocycles. The van der Waals surface area contributed by atoms with Gasteiger partial charge in [-0.2, -0.15) is 0 Å². The van der Waals surface area contributed by atoms with Crippen LogP contribution < -0.4 is 10.9 Å². The molecule has 0 saturated carbocycles. The van der Waals surface area contributed by atoms with Gasteiger partial charge in [-0.1, -0.05) is 23.7 Å². The number of hydrogen-bond acceptors (Lipinski definition) is 3. The van der Waals surface area contributed by atoms with Crippen molar-refractivity contribution >= 4 is 27.5 Å². The molecule has 4 nitrogen and oxygen atoms in total. The molecule has 0 aliphatic rings. The minimum atomic E-state index is -0.139. The van der Waals surface area contributed by atoms with E-state index in [2.05, 4.69) is 5.32 Å². The number of benzene rings is 2. The Kier molecular flexibility index (Phi) is 3.12. The average Bonchev–Trinajstić information content (AvgIpc) is 2.84. The number of fused-ring (bicyclic) bond motifs is 1. The van der Waals surface area contributed by atoms with Crippen molar-refractivity contribution in [3.8, 4) is 5.69 Å². The van der Waals surface area contributed by atoms with E-state index in [1.165, 1.54) is 11.5 Å². The van der Waals surface area contributed by atoms with E-state index < -0.39 is 0 Å². The van der Waals surface area contributed by atoms with Crippen LogP contribution in [0, 0.1) is 0 Å². The standard InChI is InChI=1S/C15H12N2O2S/c1-16-14(18)10-6-8-11(9-7-10)17-15(19)12-4-2-3-5-13(12)20-17/h2-9H,1H3,(H,16,18). The third kappa shape index (κ3) is 2.02. The molecule has 2 aromatic carbocycles. The summed E-state index contributed by atoms with van der Waals surface area (Å²) in [4.78, 5) is 23.8. The molecular formula is C15H12N2O2S. The van der Waals surface area contributed by atoms with Crippen LogP contribution in [0.3, 0.4) is 0 Å². The number of nitrogens with zero attached hydrogens (tertiary/aromatic N) is 1. The van der Waals surface area contributed by atoms with Gasteiger partial charge in [0.15, 0.2) is 0 Å². The minimum Gasteiger partial charge on any atom is -0.355 e. The number of rotatable bonds is 2. The summed E-state index contributed by atoms with van der Waals surface area (Å²) >= 11 is 1.40. The normalized spacial score (nSPS) is 10.7. The topological polar surface area (TPSA) is 51.1 Å². The highest BCUT2D eigenvalue weighted by Gasteiger charge is 2.09. The van der Waals surface area contributed by atoms with E-state index in [1.807, 2.05) is 24.3 Å². The molecule has 0 aliphatic heterocycles. The fraction of sp³-hybridized carbons (Fsp3) is 0.0667. The van der Waals surface area contributed by atoms with E-state index in [0.717, 1.165) is 10.4 Å². The summed E-state index contributed by atoms with van der Waals surface area (Å²) in [5, 5.41) is 3.28. The van der Waals surface area contributed by atoms with Gasteiger partial charge >= 0.3 is 0 Å². The third-order valence-electron chi connectivity index (χ3n) is 3.08. The van der Waals surface area contributed by atoms with Crippen LogP contribution in [0.1, 0.15) is 10.4 Å². The molecule has 0 fully saturated rings. The molecule has 0 spiro atoms. The second kappa shape index (κ2) is 4.94. The Labute approximate surface area is 119 Å². The second-order valence-corrected chi connectivity index (χ2v) is 5.30. The maximum atomic E-state index is 12.3. The van der Waals surface area contributed by atoms with Crippen molar-refractivity contribution in [1.29, 1.82) is 0 Å². The molecule has 0 atom stereocenters. The molecular weight excluding hydrogens is 272 g/mol. The van der Waals surface area contributed by atoms with E-state index in [9.17, 15) is 9.59 Å². The first kappa shape index (κ1) is 12.6. The van der Waals surface area contributed by atoms with Crippen molar-refractivity contribution in [2.24, 2.45) is 0 Å². The average molecular weight is 284 g/mol. The number of aromatic nitrogens is 1. The van der Waals surface area contributed by atoms with Gasteiger partial charge in [-0.3, -0.25) is 9.59 Å². The Balaban J connectivity index is 2.09. The smallest absolute Gasteiger partial charge is 0.273 e. The van der Waals surface area contributed by atoms with Crippen LogP contribution in [0.15, 0.2) is 53.3 Å². The van der Waals surface area contributed by atoms with Crippen molar-refractivity contribution < 1.29 is 4.79 Å². The van der Waals surface area contributed by atoms with E-state index in [-0.39, 0.29) is 11.5 Å². The van der Waals surface area contributed by atoms with Gasteiger partial charge in [0.1, 0.15) is 0 Å². The van der Waals surface area contributed by atoms with Gasteiger partial charge in [-0.15, -0.1) is 0 Å². The van der Waals surface area contributed by atoms with Gasteiger partial charge in [-0.05, 0) is 36.4 Å². The summed E-state index contributed by atoms with van der Waals surface area (Å²) in [7, 11) is 1.59. The summed E-state index contributed by atoms with van der Waals surface area (Å²) in [5.74, 6) is -0.139. The fourth-order valence-electron chi connectivity index (χ4n) is 2.03. The number of nitrogens with one attached hydrogen (secondary N) is 1. The minimum absolute atomic E-state index is 0.0294. The Bertz CT molecular complexity index is 831. The first-order chi connectivity index (χ1) is 9.70. The van der Waals surface area contributed by atoms with Crippen molar-refractivity contribution in [2.45, 2.75) is 0 Å². The van der Waals surface area contributed by atoms with Crippen LogP contribution in [0.5, 0.6) is 0 Å². The van der Waals surface area contributed by atoms with E-state index >= 15 is 0 Å². The molecule has 100 valence electrons. The monoisotopic (exact) mass is 284 g/mol. The van der Waals surface area contributed by atoms with Gasteiger partial charge < -0.3 is 5.32 Å². The number of carbonyl (C=O) groups is 1. The molecule has 0 aliphatic carbocycles. The van der Waals surface area contributed by atoms with Crippen LogP contribution in [0.2, 0.25) is 0 Å². The molecule has 3 aromatic rings. The molecule has 1 N–H and O–H groups in total. The Morgan fingerprint density at radius 1 is 1.10 bits per heavy atom. The highest BCUT2D eigenvalue weighted by molar-refractivity contribution is 7.14. The van der Waals surface area contributed by atoms with Crippen molar-refractivity contribution in [3.63, 3.8) is 0 Å². The van der Waals surface area contributed by atoms with Gasteiger partial charge in [0.05, 0.1) is 15.8 Å². The molecule has 1 amide bonds. The zero-order chi connectivity index (χ0) is 14.1. The molecule has 0 unspecified atom stereocenters. The Morgan fingerprint density at radius 3 is 2.45 bits per heavy atom. The summed E-state index contributed by atoms with van der Waals surface area (Å²) in [6, 6.07) is 14.5. The van der Waals surface area contributed by atoms with E-state index in [4.69, 9.17) is 0 Å². The Hall–Kier alpha value is -2.40. The zero-order valence-corrected chi connectivity index (χ0v) is 11.6. The molecule has 0 bridgehead atoms. The number of carbonyl (C=O) groups excluding carboxylic acids is 1. The largest absolute Gasteiger partial charge is 0.355 e. The van der Waals surface area contributed by atoms with Gasteiger partial charge in [0.2, 0.25) is 0 Å². The Morgan fingerprint density at radius 2 is 1.80 bits per heavy atom. The van der Waals surface area contributed by atoms with Crippen molar-refractivity contribution in [1.82, 2.24) is 9.27 Å². The third-order valence-corrected chi connectivity index (χ3v) is 4.19. The lowest BCUT2D eigenvalue weighted by Gasteiger charge is -2.02. The van der Waals surface area contributed by atoms with Crippen molar-refractivity contribution in [2.75, 3.05) is 7.05 Å². The first-order valence-electron chi connectivity index (χ1n) is 6.14. The van der Waals surface area contributed by atoms with Crippen LogP contribution in [-0.2, 0) is 0 Å². The maximum absolute atomic E-state index is 12.3. The lowest BCUT2D eigenvalue weighted by molar-refractivity contribution is 0.0963. The summed E-state index contributed by atoms with van der Waals surface area (Å²) in [6.07, 6.45) is 0. The van der Waals surface area contributed by atoms with Crippen LogP contribution in [-0.4, -0.2) is 16.9 Å². The summed E-state index contributed by atoms with van der Waals surface area (Å²) < 4.78 is 2.59.